The van der Waals surface area contributed by atoms with E-state index < -0.39 is 11.6 Å². The third-order valence-electron chi connectivity index (χ3n) is 3.75. The van der Waals surface area contributed by atoms with Gasteiger partial charge >= 0.3 is 5.97 Å². The number of aliphatic carboxylic acids is 1. The molecular formula is C14H27NO3. The van der Waals surface area contributed by atoms with Gasteiger partial charge in [0.05, 0.1) is 0 Å². The Morgan fingerprint density at radius 2 is 1.72 bits per heavy atom. The minimum absolute atomic E-state index is 0.0964. The summed E-state index contributed by atoms with van der Waals surface area (Å²) in [6.45, 7) is 10.4. The lowest BCUT2D eigenvalue weighted by Gasteiger charge is -2.45. The molecule has 1 rings (SSSR count). The molecule has 0 saturated heterocycles. The summed E-state index contributed by atoms with van der Waals surface area (Å²) in [7, 11) is 0. The molecule has 1 aliphatic rings. The second-order valence-corrected chi connectivity index (χ2v) is 7.57. The predicted octanol–water partition coefficient (Wildman–Crippen LogP) is 2.02. The lowest BCUT2D eigenvalue weighted by molar-refractivity contribution is -0.156. The minimum Gasteiger partial charge on any atom is -0.479 e. The van der Waals surface area contributed by atoms with E-state index in [0.29, 0.717) is 0 Å². The molecule has 1 unspecified atom stereocenters. The van der Waals surface area contributed by atoms with Crippen molar-refractivity contribution in [3.8, 4) is 0 Å². The van der Waals surface area contributed by atoms with Gasteiger partial charge in [0, 0.05) is 12.6 Å². The fourth-order valence-corrected chi connectivity index (χ4v) is 3.41. The summed E-state index contributed by atoms with van der Waals surface area (Å²) < 4.78 is 0. The molecule has 1 fully saturated rings. The number of hydrogen-bond acceptors (Lipinski definition) is 3. The van der Waals surface area contributed by atoms with Crippen LogP contribution in [0.5, 0.6) is 0 Å². The average molecular weight is 257 g/mol. The van der Waals surface area contributed by atoms with Gasteiger partial charge in [-0.15, -0.1) is 0 Å². The van der Waals surface area contributed by atoms with Gasteiger partial charge in [0.2, 0.25) is 0 Å². The van der Waals surface area contributed by atoms with Crippen LogP contribution in [0.1, 0.15) is 53.9 Å². The van der Waals surface area contributed by atoms with Crippen molar-refractivity contribution >= 4 is 5.97 Å². The van der Waals surface area contributed by atoms with Gasteiger partial charge in [0.1, 0.15) is 0 Å². The quantitative estimate of drug-likeness (QED) is 0.720. The Morgan fingerprint density at radius 1 is 1.28 bits per heavy atom. The van der Waals surface area contributed by atoms with Gasteiger partial charge in [-0.1, -0.05) is 27.7 Å². The van der Waals surface area contributed by atoms with E-state index in [0.717, 1.165) is 12.8 Å². The Labute approximate surface area is 110 Å². The fourth-order valence-electron chi connectivity index (χ4n) is 3.41. The van der Waals surface area contributed by atoms with Crippen LogP contribution in [0.2, 0.25) is 0 Å². The SMILES string of the molecule is CC1(C)CC(NCC(C)(O)C(=O)O)CC(C)(C)C1. The standard InChI is InChI=1S/C14H27NO3/c1-12(2)6-10(7-13(3,4)8-12)15-9-14(5,18)11(16)17/h10,15,18H,6-9H2,1-5H3,(H,16,17). The minimum atomic E-state index is -1.69. The second kappa shape index (κ2) is 4.82. The van der Waals surface area contributed by atoms with Gasteiger partial charge in [-0.05, 0) is 37.0 Å². The normalized spacial score (nSPS) is 26.6. The highest BCUT2D eigenvalue weighted by Crippen LogP contribution is 2.45. The Hall–Kier alpha value is -0.610. The molecule has 0 aromatic carbocycles. The summed E-state index contributed by atoms with van der Waals surface area (Å²) in [6.07, 6.45) is 3.21. The molecule has 4 nitrogen and oxygen atoms in total. The Morgan fingerprint density at radius 3 is 2.11 bits per heavy atom. The van der Waals surface area contributed by atoms with Crippen molar-refractivity contribution in [2.75, 3.05) is 6.54 Å². The molecule has 0 amide bonds. The van der Waals surface area contributed by atoms with Crippen LogP contribution in [0.25, 0.3) is 0 Å². The van der Waals surface area contributed by atoms with E-state index in [-0.39, 0.29) is 23.4 Å². The molecule has 0 radical (unpaired) electrons. The molecule has 18 heavy (non-hydrogen) atoms. The van der Waals surface area contributed by atoms with Crippen LogP contribution in [-0.4, -0.2) is 34.4 Å². The van der Waals surface area contributed by atoms with Crippen molar-refractivity contribution in [2.24, 2.45) is 10.8 Å². The zero-order valence-electron chi connectivity index (χ0n) is 12.2. The van der Waals surface area contributed by atoms with Gasteiger partial charge in [0.25, 0.3) is 0 Å². The van der Waals surface area contributed by atoms with E-state index in [4.69, 9.17) is 5.11 Å². The van der Waals surface area contributed by atoms with Crippen LogP contribution in [0, 0.1) is 10.8 Å². The van der Waals surface area contributed by atoms with Crippen LogP contribution >= 0.6 is 0 Å². The highest BCUT2D eigenvalue weighted by molar-refractivity contribution is 5.76. The predicted molar refractivity (Wildman–Crippen MR) is 71.5 cm³/mol. The van der Waals surface area contributed by atoms with Crippen molar-refractivity contribution in [3.05, 3.63) is 0 Å². The first-order valence-corrected chi connectivity index (χ1v) is 6.63. The van der Waals surface area contributed by atoms with Gasteiger partial charge in [-0.3, -0.25) is 0 Å². The summed E-state index contributed by atoms with van der Waals surface area (Å²) in [5.74, 6) is -1.18. The maximum atomic E-state index is 10.9. The second-order valence-electron chi connectivity index (χ2n) is 7.57. The molecule has 3 N–H and O–H groups in total. The highest BCUT2D eigenvalue weighted by atomic mass is 16.4. The van der Waals surface area contributed by atoms with Gasteiger partial charge in [-0.2, -0.15) is 0 Å². The number of hydrogen-bond donors (Lipinski definition) is 3. The smallest absolute Gasteiger partial charge is 0.336 e. The van der Waals surface area contributed by atoms with Gasteiger partial charge in [-0.25, -0.2) is 4.79 Å². The number of rotatable bonds is 4. The first kappa shape index (κ1) is 15.4. The van der Waals surface area contributed by atoms with Crippen LogP contribution in [-0.2, 0) is 4.79 Å². The van der Waals surface area contributed by atoms with E-state index in [1.165, 1.54) is 13.3 Å². The first-order chi connectivity index (χ1) is 7.94. The maximum Gasteiger partial charge on any atom is 0.336 e. The van der Waals surface area contributed by atoms with Gasteiger partial charge < -0.3 is 15.5 Å². The van der Waals surface area contributed by atoms with E-state index in [1.54, 1.807) is 0 Å². The van der Waals surface area contributed by atoms with Crippen LogP contribution in [0.4, 0.5) is 0 Å². The lowest BCUT2D eigenvalue weighted by Crippen LogP contribution is -2.51. The molecule has 1 atom stereocenters. The average Bonchev–Trinajstić information content (AvgIpc) is 2.09. The third-order valence-corrected chi connectivity index (χ3v) is 3.75. The Balaban J connectivity index is 2.60. The van der Waals surface area contributed by atoms with E-state index >= 15 is 0 Å². The van der Waals surface area contributed by atoms with Crippen LogP contribution < -0.4 is 5.32 Å². The van der Waals surface area contributed by atoms with E-state index in [9.17, 15) is 9.90 Å². The van der Waals surface area contributed by atoms with Crippen molar-refractivity contribution in [1.82, 2.24) is 5.32 Å². The number of nitrogens with one attached hydrogen (secondary N) is 1. The molecule has 0 aliphatic heterocycles. The Bertz CT molecular complexity index is 305. The lowest BCUT2D eigenvalue weighted by atomic mass is 9.63. The summed E-state index contributed by atoms with van der Waals surface area (Å²) in [5.41, 5.74) is -1.17. The molecule has 0 aromatic rings. The van der Waals surface area contributed by atoms with Crippen molar-refractivity contribution < 1.29 is 15.0 Å². The molecule has 0 bridgehead atoms. The Kier molecular flexibility index (Phi) is 4.13. The van der Waals surface area contributed by atoms with Crippen molar-refractivity contribution in [2.45, 2.75) is 65.5 Å². The number of aliphatic hydroxyl groups is 1. The molecule has 1 saturated carbocycles. The first-order valence-electron chi connectivity index (χ1n) is 6.63. The molecule has 1 aliphatic carbocycles. The number of carboxylic acids is 1. The zero-order chi connectivity index (χ0) is 14.2. The fraction of sp³-hybridized carbons (Fsp3) is 0.929. The van der Waals surface area contributed by atoms with Crippen molar-refractivity contribution in [3.63, 3.8) is 0 Å². The highest BCUT2D eigenvalue weighted by Gasteiger charge is 2.39. The van der Waals surface area contributed by atoms with Crippen LogP contribution in [0.3, 0.4) is 0 Å². The zero-order valence-corrected chi connectivity index (χ0v) is 12.2. The monoisotopic (exact) mass is 257 g/mol. The third kappa shape index (κ3) is 4.25. The van der Waals surface area contributed by atoms with E-state index in [1.807, 2.05) is 0 Å². The number of carbonyl (C=O) groups is 1. The number of carboxylic acid groups (broad SMARTS) is 1. The molecule has 0 spiro atoms. The molecule has 0 aromatic heterocycles. The summed E-state index contributed by atoms with van der Waals surface area (Å²) >= 11 is 0. The van der Waals surface area contributed by atoms with E-state index in [2.05, 4.69) is 33.0 Å². The van der Waals surface area contributed by atoms with Crippen LogP contribution in [0.15, 0.2) is 0 Å². The molecular weight excluding hydrogens is 230 g/mol. The van der Waals surface area contributed by atoms with Crippen molar-refractivity contribution in [1.29, 1.82) is 0 Å². The maximum absolute atomic E-state index is 10.9. The summed E-state index contributed by atoms with van der Waals surface area (Å²) in [4.78, 5) is 10.9. The summed E-state index contributed by atoms with van der Waals surface area (Å²) in [5, 5.41) is 21.8. The molecule has 0 heterocycles. The molecule has 106 valence electrons. The summed E-state index contributed by atoms with van der Waals surface area (Å²) in [6, 6.07) is 0.273. The largest absolute Gasteiger partial charge is 0.479 e. The van der Waals surface area contributed by atoms with Gasteiger partial charge in [0.15, 0.2) is 5.60 Å². The topological polar surface area (TPSA) is 69.6 Å². The molecule has 4 heteroatoms.